The lowest BCUT2D eigenvalue weighted by Crippen LogP contribution is -2.54. The van der Waals surface area contributed by atoms with Crippen molar-refractivity contribution in [3.05, 3.63) is 36.4 Å². The van der Waals surface area contributed by atoms with Gasteiger partial charge in [0.25, 0.3) is 0 Å². The number of rotatable bonds is 5. The molecule has 1 spiro atoms. The molecule has 28 heavy (non-hydrogen) atoms. The van der Waals surface area contributed by atoms with Crippen LogP contribution >= 0.6 is 0 Å². The molecule has 1 atom stereocenters. The molecule has 0 aromatic carbocycles. The summed E-state index contributed by atoms with van der Waals surface area (Å²) in [5.41, 5.74) is 1.09. The molecule has 2 aromatic rings. The summed E-state index contributed by atoms with van der Waals surface area (Å²) < 4.78 is 1.58. The Kier molecular flexibility index (Phi) is 5.31. The molecule has 2 saturated heterocycles. The molecule has 4 heterocycles. The molecule has 9 nitrogen and oxygen atoms in total. The van der Waals surface area contributed by atoms with E-state index < -0.39 is 0 Å². The summed E-state index contributed by atoms with van der Waals surface area (Å²) in [5, 5.41) is 11.0. The first-order valence-electron chi connectivity index (χ1n) is 9.79. The van der Waals surface area contributed by atoms with Crippen LogP contribution in [0.1, 0.15) is 37.7 Å². The quantitative estimate of drug-likeness (QED) is 0.761. The lowest BCUT2D eigenvalue weighted by molar-refractivity contribution is -0.143. The summed E-state index contributed by atoms with van der Waals surface area (Å²) in [7, 11) is 0. The van der Waals surface area contributed by atoms with Crippen LogP contribution in [0.15, 0.2) is 30.9 Å². The van der Waals surface area contributed by atoms with Crippen LogP contribution in [-0.2, 0) is 22.7 Å². The van der Waals surface area contributed by atoms with E-state index in [4.69, 9.17) is 0 Å². The highest BCUT2D eigenvalue weighted by atomic mass is 16.2. The summed E-state index contributed by atoms with van der Waals surface area (Å²) in [4.78, 5) is 33.2. The van der Waals surface area contributed by atoms with Gasteiger partial charge in [-0.25, -0.2) is 4.68 Å². The lowest BCUT2D eigenvalue weighted by Gasteiger charge is -2.48. The van der Waals surface area contributed by atoms with Gasteiger partial charge < -0.3 is 9.80 Å². The number of tetrazole rings is 1. The number of nitrogens with zero attached hydrogens (tertiary/aromatic N) is 7. The summed E-state index contributed by atoms with van der Waals surface area (Å²) in [5.74, 6) is 0.330. The van der Waals surface area contributed by atoms with E-state index in [1.54, 1.807) is 17.1 Å². The van der Waals surface area contributed by atoms with Gasteiger partial charge in [-0.2, -0.15) is 0 Å². The number of aromatic nitrogens is 5. The minimum absolute atomic E-state index is 0.00363. The van der Waals surface area contributed by atoms with E-state index in [-0.39, 0.29) is 17.2 Å². The molecular formula is C19H25N7O2. The Morgan fingerprint density at radius 1 is 1.18 bits per heavy atom. The molecule has 2 amide bonds. The predicted molar refractivity (Wildman–Crippen MR) is 99.6 cm³/mol. The zero-order valence-electron chi connectivity index (χ0n) is 15.9. The zero-order valence-corrected chi connectivity index (χ0v) is 15.9. The highest BCUT2D eigenvalue weighted by Crippen LogP contribution is 2.39. The number of amides is 2. The minimum atomic E-state index is 0.00363. The van der Waals surface area contributed by atoms with Gasteiger partial charge >= 0.3 is 0 Å². The van der Waals surface area contributed by atoms with E-state index >= 15 is 0 Å². The summed E-state index contributed by atoms with van der Waals surface area (Å²) in [6.45, 7) is 3.32. The number of hydrogen-bond acceptors (Lipinski definition) is 6. The van der Waals surface area contributed by atoms with E-state index in [1.807, 2.05) is 21.9 Å². The molecule has 148 valence electrons. The van der Waals surface area contributed by atoms with Crippen LogP contribution in [0.2, 0.25) is 0 Å². The third-order valence-corrected chi connectivity index (χ3v) is 5.83. The van der Waals surface area contributed by atoms with Gasteiger partial charge in [0.15, 0.2) is 0 Å². The highest BCUT2D eigenvalue weighted by molar-refractivity contribution is 5.78. The number of pyridine rings is 1. The average molecular weight is 383 g/mol. The number of carbonyl (C=O) groups is 2. The molecule has 0 N–H and O–H groups in total. The molecular weight excluding hydrogens is 358 g/mol. The molecule has 2 aliphatic rings. The Balaban J connectivity index is 1.39. The number of carbonyl (C=O) groups excluding carboxylic acids is 2. The fourth-order valence-electron chi connectivity index (χ4n) is 4.36. The van der Waals surface area contributed by atoms with Crippen LogP contribution in [0.25, 0.3) is 0 Å². The Morgan fingerprint density at radius 3 is 2.82 bits per heavy atom. The van der Waals surface area contributed by atoms with Crippen molar-refractivity contribution in [2.45, 2.75) is 45.2 Å². The van der Waals surface area contributed by atoms with Crippen molar-refractivity contribution in [1.82, 2.24) is 35.0 Å². The SMILES string of the molecule is O=C(CCn1cnnn1)N1CCC[C@]2(CCC(=O)N(Cc3ccncc3)C2)C1. The molecule has 2 aliphatic heterocycles. The number of likely N-dealkylation sites (tertiary alicyclic amines) is 2. The van der Waals surface area contributed by atoms with Gasteiger partial charge in [0.05, 0.1) is 6.54 Å². The van der Waals surface area contributed by atoms with Crippen LogP contribution in [0.5, 0.6) is 0 Å². The molecule has 4 rings (SSSR count). The van der Waals surface area contributed by atoms with Crippen LogP contribution in [-0.4, -0.2) is 66.4 Å². The number of aryl methyl sites for hydroxylation is 1. The zero-order chi connectivity index (χ0) is 19.4. The third-order valence-electron chi connectivity index (χ3n) is 5.83. The van der Waals surface area contributed by atoms with Crippen molar-refractivity contribution in [2.24, 2.45) is 5.41 Å². The standard InChI is InChI=1S/C19H25N7O2/c27-17-2-7-19(14-25(17)12-16-3-8-20-9-4-16)6-1-10-24(13-19)18(28)5-11-26-15-21-22-23-26/h3-4,8-9,15H,1-2,5-7,10-14H2/t19-/m0/s1. The molecule has 0 radical (unpaired) electrons. The van der Waals surface area contributed by atoms with Crippen molar-refractivity contribution in [1.29, 1.82) is 0 Å². The molecule has 2 aromatic heterocycles. The fraction of sp³-hybridized carbons (Fsp3) is 0.579. The molecule has 2 fully saturated rings. The van der Waals surface area contributed by atoms with Gasteiger partial charge in [0, 0.05) is 56.8 Å². The third kappa shape index (κ3) is 4.18. The Morgan fingerprint density at radius 2 is 2.04 bits per heavy atom. The molecule has 0 aliphatic carbocycles. The molecule has 9 heteroatoms. The maximum absolute atomic E-state index is 12.7. The summed E-state index contributed by atoms with van der Waals surface area (Å²) in [6, 6.07) is 3.90. The van der Waals surface area contributed by atoms with Crippen LogP contribution in [0, 0.1) is 5.41 Å². The first kappa shape index (κ1) is 18.5. The average Bonchev–Trinajstić information content (AvgIpc) is 3.24. The van der Waals surface area contributed by atoms with E-state index in [2.05, 4.69) is 20.5 Å². The van der Waals surface area contributed by atoms with Crippen molar-refractivity contribution >= 4 is 11.8 Å². The van der Waals surface area contributed by atoms with Gasteiger partial charge in [-0.1, -0.05) is 0 Å². The second kappa shape index (κ2) is 8.04. The van der Waals surface area contributed by atoms with Crippen molar-refractivity contribution in [3.8, 4) is 0 Å². The second-order valence-electron chi connectivity index (χ2n) is 7.85. The molecule has 0 saturated carbocycles. The van der Waals surface area contributed by atoms with E-state index in [1.165, 1.54) is 6.33 Å². The normalized spacial score (nSPS) is 22.6. The van der Waals surface area contributed by atoms with E-state index in [0.717, 1.165) is 37.9 Å². The summed E-state index contributed by atoms with van der Waals surface area (Å²) in [6.07, 6.45) is 8.87. The van der Waals surface area contributed by atoms with E-state index in [0.29, 0.717) is 32.5 Å². The smallest absolute Gasteiger partial charge is 0.224 e. The van der Waals surface area contributed by atoms with Gasteiger partial charge in [-0.15, -0.1) is 5.10 Å². The molecule has 0 unspecified atom stereocenters. The number of hydrogen-bond donors (Lipinski definition) is 0. The largest absolute Gasteiger partial charge is 0.342 e. The van der Waals surface area contributed by atoms with Gasteiger partial charge in [-0.3, -0.25) is 14.6 Å². The monoisotopic (exact) mass is 383 g/mol. The Bertz CT molecular complexity index is 811. The maximum atomic E-state index is 12.7. The Hall–Kier alpha value is -2.84. The van der Waals surface area contributed by atoms with Crippen molar-refractivity contribution < 1.29 is 9.59 Å². The predicted octanol–water partition coefficient (Wildman–Crippen LogP) is 0.890. The van der Waals surface area contributed by atoms with Crippen LogP contribution in [0.4, 0.5) is 0 Å². The van der Waals surface area contributed by atoms with Crippen LogP contribution in [0.3, 0.4) is 0 Å². The molecule has 0 bridgehead atoms. The Labute approximate surface area is 163 Å². The second-order valence-corrected chi connectivity index (χ2v) is 7.85. The van der Waals surface area contributed by atoms with Gasteiger partial charge in [-0.05, 0) is 47.4 Å². The first-order valence-corrected chi connectivity index (χ1v) is 9.79. The number of piperidine rings is 2. The maximum Gasteiger partial charge on any atom is 0.224 e. The minimum Gasteiger partial charge on any atom is -0.342 e. The topological polar surface area (TPSA) is 97.1 Å². The lowest BCUT2D eigenvalue weighted by atomic mass is 9.73. The van der Waals surface area contributed by atoms with Crippen LogP contribution < -0.4 is 0 Å². The van der Waals surface area contributed by atoms with Gasteiger partial charge in [0.1, 0.15) is 6.33 Å². The van der Waals surface area contributed by atoms with Crippen molar-refractivity contribution in [3.63, 3.8) is 0 Å². The highest BCUT2D eigenvalue weighted by Gasteiger charge is 2.42. The fourth-order valence-corrected chi connectivity index (χ4v) is 4.36. The van der Waals surface area contributed by atoms with Crippen molar-refractivity contribution in [2.75, 3.05) is 19.6 Å². The van der Waals surface area contributed by atoms with E-state index in [9.17, 15) is 9.59 Å². The van der Waals surface area contributed by atoms with Gasteiger partial charge in [0.2, 0.25) is 11.8 Å². The summed E-state index contributed by atoms with van der Waals surface area (Å²) >= 11 is 0. The first-order chi connectivity index (χ1) is 13.6.